The van der Waals surface area contributed by atoms with E-state index in [1.165, 1.54) is 11.8 Å². The van der Waals surface area contributed by atoms with Crippen molar-refractivity contribution in [3.05, 3.63) is 22.0 Å². The monoisotopic (exact) mass is 236 g/mol. The number of aliphatic carboxylic acids is 1. The zero-order chi connectivity index (χ0) is 8.85. The van der Waals surface area contributed by atoms with E-state index >= 15 is 0 Å². The van der Waals surface area contributed by atoms with Gasteiger partial charge >= 0.3 is 5.97 Å². The molecule has 0 radical (unpaired) electrons. The molecule has 11 heavy (non-hydrogen) atoms. The summed E-state index contributed by atoms with van der Waals surface area (Å²) < 4.78 is 0.829. The zero-order valence-electron chi connectivity index (χ0n) is 6.13. The third kappa shape index (κ3) is 5.09. The molecule has 0 amide bonds. The maximum Gasteiger partial charge on any atom is 0.313 e. The summed E-state index contributed by atoms with van der Waals surface area (Å²) in [6.07, 6.45) is 1.68. The predicted molar refractivity (Wildman–Crippen MR) is 51.9 cm³/mol. The van der Waals surface area contributed by atoms with Gasteiger partial charge in [0.1, 0.15) is 0 Å². The summed E-state index contributed by atoms with van der Waals surface area (Å²) in [4.78, 5) is 10.1. The van der Waals surface area contributed by atoms with Crippen molar-refractivity contribution in [1.29, 1.82) is 0 Å². The zero-order valence-corrected chi connectivity index (χ0v) is 8.54. The van der Waals surface area contributed by atoms with Crippen molar-refractivity contribution in [3.63, 3.8) is 0 Å². The van der Waals surface area contributed by atoms with Gasteiger partial charge in [-0.2, -0.15) is 0 Å². The molecule has 1 N–H and O–H groups in total. The van der Waals surface area contributed by atoms with E-state index in [1.807, 2.05) is 6.92 Å². The fourth-order valence-corrected chi connectivity index (χ4v) is 1.39. The normalized spacial score (nSPS) is 12.2. The highest BCUT2D eigenvalue weighted by molar-refractivity contribution is 9.14. The van der Waals surface area contributed by atoms with E-state index in [0.717, 1.165) is 9.39 Å². The van der Waals surface area contributed by atoms with E-state index in [1.54, 1.807) is 6.08 Å². The van der Waals surface area contributed by atoms with Crippen molar-refractivity contribution < 1.29 is 9.90 Å². The average molecular weight is 237 g/mol. The summed E-state index contributed by atoms with van der Waals surface area (Å²) in [6.45, 7) is 5.43. The van der Waals surface area contributed by atoms with Gasteiger partial charge in [-0.15, -0.1) is 11.8 Å². The van der Waals surface area contributed by atoms with Crippen molar-refractivity contribution in [2.75, 3.05) is 5.75 Å². The van der Waals surface area contributed by atoms with E-state index in [0.29, 0.717) is 0 Å². The number of hydrogen-bond acceptors (Lipinski definition) is 2. The quantitative estimate of drug-likeness (QED) is 0.763. The topological polar surface area (TPSA) is 37.3 Å². The van der Waals surface area contributed by atoms with Gasteiger partial charge < -0.3 is 5.11 Å². The molecule has 0 unspecified atom stereocenters. The Morgan fingerprint density at radius 3 is 2.73 bits per heavy atom. The van der Waals surface area contributed by atoms with Crippen LogP contribution in [-0.4, -0.2) is 16.8 Å². The van der Waals surface area contributed by atoms with Crippen LogP contribution in [0.1, 0.15) is 6.92 Å². The Morgan fingerprint density at radius 1 is 1.82 bits per heavy atom. The fourth-order valence-electron chi connectivity index (χ4n) is 0.319. The minimum Gasteiger partial charge on any atom is -0.481 e. The minimum absolute atomic E-state index is 0.0752. The lowest BCUT2D eigenvalue weighted by molar-refractivity contribution is -0.133. The molecule has 0 fully saturated rings. The average Bonchev–Trinajstić information content (AvgIpc) is 1.98. The highest BCUT2D eigenvalue weighted by Gasteiger charge is 2.00. The fraction of sp³-hybridized carbons (Fsp3) is 0.286. The van der Waals surface area contributed by atoms with Gasteiger partial charge in [-0.3, -0.25) is 4.79 Å². The molecule has 0 aromatic rings. The molecule has 0 aromatic carbocycles. The standard InChI is InChI=1S/C7H9BrO2S/c1-3-5(2)7(8)11-4-6(9)10/h3H,1,4H2,2H3,(H,9,10)/b7-5-. The lowest BCUT2D eigenvalue weighted by atomic mass is 10.4. The lowest BCUT2D eigenvalue weighted by Crippen LogP contribution is -1.97. The summed E-state index contributed by atoms with van der Waals surface area (Å²) >= 11 is 4.48. The molecule has 0 aromatic heterocycles. The van der Waals surface area contributed by atoms with Gasteiger partial charge in [0.15, 0.2) is 0 Å². The van der Waals surface area contributed by atoms with Crippen molar-refractivity contribution in [2.45, 2.75) is 6.92 Å². The summed E-state index contributed by atoms with van der Waals surface area (Å²) in [7, 11) is 0. The van der Waals surface area contributed by atoms with E-state index in [4.69, 9.17) is 5.11 Å². The van der Waals surface area contributed by atoms with Crippen LogP contribution in [0.5, 0.6) is 0 Å². The Labute approximate surface area is 78.5 Å². The Bertz CT molecular complexity index is 199. The van der Waals surface area contributed by atoms with Crippen molar-refractivity contribution in [2.24, 2.45) is 0 Å². The van der Waals surface area contributed by atoms with Gasteiger partial charge in [0.05, 0.1) is 9.57 Å². The van der Waals surface area contributed by atoms with Crippen LogP contribution in [0, 0.1) is 0 Å². The molecule has 0 heterocycles. The molecule has 0 aliphatic rings. The number of thioether (sulfide) groups is 1. The number of halogens is 1. The highest BCUT2D eigenvalue weighted by Crippen LogP contribution is 2.25. The van der Waals surface area contributed by atoms with E-state index in [2.05, 4.69) is 22.5 Å². The smallest absolute Gasteiger partial charge is 0.313 e. The number of carbonyl (C=O) groups is 1. The molecule has 0 rings (SSSR count). The number of allylic oxidation sites excluding steroid dienone is 2. The molecule has 0 atom stereocenters. The molecule has 62 valence electrons. The summed E-state index contributed by atoms with van der Waals surface area (Å²) in [5.74, 6) is -0.741. The second-order valence-corrected chi connectivity index (χ2v) is 4.15. The summed E-state index contributed by atoms with van der Waals surface area (Å²) in [5, 5.41) is 8.33. The first-order valence-electron chi connectivity index (χ1n) is 2.91. The SMILES string of the molecule is C=C/C(C)=C(/Br)SCC(=O)O. The van der Waals surface area contributed by atoms with Crippen LogP contribution in [-0.2, 0) is 4.79 Å². The maximum absolute atomic E-state index is 10.1. The van der Waals surface area contributed by atoms with Crippen LogP contribution < -0.4 is 0 Å². The third-order valence-corrected chi connectivity index (χ3v) is 3.22. The largest absolute Gasteiger partial charge is 0.481 e. The molecule has 4 heteroatoms. The number of carboxylic acids is 1. The first-order chi connectivity index (χ1) is 5.07. The van der Waals surface area contributed by atoms with Crippen molar-refractivity contribution in [3.8, 4) is 0 Å². The van der Waals surface area contributed by atoms with Crippen molar-refractivity contribution >= 4 is 33.7 Å². The minimum atomic E-state index is -0.816. The number of rotatable bonds is 4. The van der Waals surface area contributed by atoms with Gasteiger partial charge in [-0.1, -0.05) is 12.7 Å². The van der Waals surface area contributed by atoms with Gasteiger partial charge in [0.2, 0.25) is 0 Å². The van der Waals surface area contributed by atoms with Crippen LogP contribution in [0.3, 0.4) is 0 Å². The lowest BCUT2D eigenvalue weighted by Gasteiger charge is -1.97. The second kappa shape index (κ2) is 5.43. The summed E-state index contributed by atoms with van der Waals surface area (Å²) in [6, 6.07) is 0. The van der Waals surface area contributed by atoms with Crippen LogP contribution in [0.4, 0.5) is 0 Å². The van der Waals surface area contributed by atoms with Crippen LogP contribution in [0.25, 0.3) is 0 Å². The van der Waals surface area contributed by atoms with Crippen LogP contribution in [0.15, 0.2) is 22.0 Å². The van der Waals surface area contributed by atoms with Gasteiger partial charge in [-0.25, -0.2) is 0 Å². The molecule has 0 bridgehead atoms. The third-order valence-electron chi connectivity index (χ3n) is 0.939. The molecule has 0 saturated carbocycles. The first-order valence-corrected chi connectivity index (χ1v) is 4.69. The maximum atomic E-state index is 10.1. The highest BCUT2D eigenvalue weighted by atomic mass is 79.9. The van der Waals surface area contributed by atoms with Gasteiger partial charge in [0.25, 0.3) is 0 Å². The molecular formula is C7H9BrO2S. The molecule has 0 spiro atoms. The molecule has 2 nitrogen and oxygen atoms in total. The van der Waals surface area contributed by atoms with Gasteiger partial charge in [0, 0.05) is 0 Å². The van der Waals surface area contributed by atoms with Gasteiger partial charge in [-0.05, 0) is 28.4 Å². The van der Waals surface area contributed by atoms with E-state index < -0.39 is 5.97 Å². The predicted octanol–water partition coefficient (Wildman–Crippen LogP) is 2.62. The molecule has 0 saturated heterocycles. The second-order valence-electron chi connectivity index (χ2n) is 1.84. The van der Waals surface area contributed by atoms with E-state index in [-0.39, 0.29) is 5.75 Å². The number of hydrogen-bond donors (Lipinski definition) is 1. The summed E-state index contributed by atoms with van der Waals surface area (Å²) in [5.41, 5.74) is 0.955. The Kier molecular flexibility index (Phi) is 5.32. The molecule has 0 aliphatic carbocycles. The Morgan fingerprint density at radius 2 is 2.36 bits per heavy atom. The van der Waals surface area contributed by atoms with Crippen LogP contribution >= 0.6 is 27.7 Å². The van der Waals surface area contributed by atoms with Crippen LogP contribution in [0.2, 0.25) is 0 Å². The molecule has 0 aliphatic heterocycles. The van der Waals surface area contributed by atoms with Crippen molar-refractivity contribution in [1.82, 2.24) is 0 Å². The Balaban J connectivity index is 3.95. The molecular weight excluding hydrogens is 228 g/mol. The Hall–Kier alpha value is -0.220. The first kappa shape index (κ1) is 10.8. The number of carboxylic acid groups (broad SMARTS) is 1. The van der Waals surface area contributed by atoms with E-state index in [9.17, 15) is 4.79 Å².